The average molecular weight is 332 g/mol. The highest BCUT2D eigenvalue weighted by atomic mass is 32.2. The molecule has 3 N–H and O–H groups in total. The molecule has 2 aromatic rings. The third-order valence-corrected chi connectivity index (χ3v) is 4.27. The highest BCUT2D eigenvalue weighted by Crippen LogP contribution is 2.17. The lowest BCUT2D eigenvalue weighted by Crippen LogP contribution is -2.33. The fourth-order valence-corrected chi connectivity index (χ4v) is 2.78. The molecule has 0 spiro atoms. The zero-order valence-electron chi connectivity index (χ0n) is 12.9. The summed E-state index contributed by atoms with van der Waals surface area (Å²) in [6.45, 7) is -0.0237. The van der Waals surface area contributed by atoms with Gasteiger partial charge in [0.05, 0.1) is 6.04 Å². The van der Waals surface area contributed by atoms with Crippen LogP contribution < -0.4 is 10.6 Å². The van der Waals surface area contributed by atoms with Crippen molar-refractivity contribution in [2.45, 2.75) is 17.4 Å². The monoisotopic (exact) mass is 332 g/mol. The summed E-state index contributed by atoms with van der Waals surface area (Å²) in [6.07, 6.45) is 2.02. The Balaban J connectivity index is 2.05. The number of rotatable bonds is 6. The van der Waals surface area contributed by atoms with E-state index >= 15 is 0 Å². The van der Waals surface area contributed by atoms with E-state index in [1.54, 1.807) is 30.5 Å². The number of carbonyl (C=O) groups is 1. The quantitative estimate of drug-likeness (QED) is 0.761. The Morgan fingerprint density at radius 1 is 1.17 bits per heavy atom. The van der Waals surface area contributed by atoms with Crippen LogP contribution in [0.25, 0.3) is 0 Å². The van der Waals surface area contributed by atoms with Crippen molar-refractivity contribution in [3.8, 4) is 0 Å². The van der Waals surface area contributed by atoms with E-state index in [2.05, 4.69) is 10.6 Å². The van der Waals surface area contributed by atoms with Crippen LogP contribution in [0.15, 0.2) is 59.5 Å². The van der Waals surface area contributed by atoms with Crippen LogP contribution in [0.5, 0.6) is 0 Å². The van der Waals surface area contributed by atoms with Gasteiger partial charge in [0, 0.05) is 34.2 Å². The van der Waals surface area contributed by atoms with Crippen molar-refractivity contribution in [1.29, 1.82) is 0 Å². The second-order valence-electron chi connectivity index (χ2n) is 5.06. The fourth-order valence-electron chi connectivity index (χ4n) is 2.21. The van der Waals surface area contributed by atoms with Crippen molar-refractivity contribution < 1.29 is 14.1 Å². The van der Waals surface area contributed by atoms with Gasteiger partial charge >= 0.3 is 6.03 Å². The molecule has 0 unspecified atom stereocenters. The first-order chi connectivity index (χ1) is 11.1. The predicted octanol–water partition coefficient (Wildman–Crippen LogP) is 2.67. The van der Waals surface area contributed by atoms with E-state index in [0.717, 1.165) is 5.56 Å². The number of hydrogen-bond donors (Lipinski definition) is 3. The Morgan fingerprint density at radius 3 is 2.57 bits per heavy atom. The number of hydrogen-bond acceptors (Lipinski definition) is 3. The Hall–Kier alpha value is -2.18. The van der Waals surface area contributed by atoms with Gasteiger partial charge in [-0.2, -0.15) is 0 Å². The molecule has 0 aliphatic heterocycles. The van der Waals surface area contributed by atoms with Gasteiger partial charge in [0.1, 0.15) is 0 Å². The molecule has 0 bridgehead atoms. The molecule has 0 aromatic heterocycles. The maximum atomic E-state index is 12.2. The van der Waals surface area contributed by atoms with Crippen molar-refractivity contribution in [2.24, 2.45) is 0 Å². The number of aliphatic hydroxyl groups excluding tert-OH is 1. The molecule has 0 fully saturated rings. The van der Waals surface area contributed by atoms with Crippen LogP contribution in [-0.2, 0) is 10.8 Å². The predicted molar refractivity (Wildman–Crippen MR) is 91.8 cm³/mol. The zero-order chi connectivity index (χ0) is 16.7. The van der Waals surface area contributed by atoms with Crippen LogP contribution >= 0.6 is 0 Å². The number of amides is 2. The minimum Gasteiger partial charge on any atom is -0.396 e. The fraction of sp³-hybridized carbons (Fsp3) is 0.235. The van der Waals surface area contributed by atoms with E-state index in [4.69, 9.17) is 0 Å². The lowest BCUT2D eigenvalue weighted by atomic mass is 10.0. The van der Waals surface area contributed by atoms with Gasteiger partial charge in [0.15, 0.2) is 0 Å². The lowest BCUT2D eigenvalue weighted by Gasteiger charge is -2.18. The third-order valence-electron chi connectivity index (χ3n) is 3.35. The largest absolute Gasteiger partial charge is 0.396 e. The van der Waals surface area contributed by atoms with Gasteiger partial charge < -0.3 is 15.7 Å². The van der Waals surface area contributed by atoms with Crippen LogP contribution in [0, 0.1) is 0 Å². The van der Waals surface area contributed by atoms with Gasteiger partial charge in [0.2, 0.25) is 0 Å². The molecule has 2 atom stereocenters. The maximum absolute atomic E-state index is 12.2. The van der Waals surface area contributed by atoms with Gasteiger partial charge in [-0.25, -0.2) is 4.79 Å². The molecule has 0 saturated carbocycles. The normalized spacial score (nSPS) is 13.1. The maximum Gasteiger partial charge on any atom is 0.319 e. The van der Waals surface area contributed by atoms with Crippen molar-refractivity contribution in [1.82, 2.24) is 5.32 Å². The van der Waals surface area contributed by atoms with Crippen LogP contribution in [0.3, 0.4) is 0 Å². The van der Waals surface area contributed by atoms with Crippen LogP contribution in [0.2, 0.25) is 0 Å². The summed E-state index contributed by atoms with van der Waals surface area (Å²) in [5.41, 5.74) is 1.51. The van der Waals surface area contributed by atoms with E-state index in [9.17, 15) is 14.1 Å². The molecule has 6 heteroatoms. The number of anilines is 1. The highest BCUT2D eigenvalue weighted by molar-refractivity contribution is 7.84. The summed E-state index contributed by atoms with van der Waals surface area (Å²) in [6, 6.07) is 15.7. The molecule has 122 valence electrons. The van der Waals surface area contributed by atoms with Gasteiger partial charge in [-0.05, 0) is 30.2 Å². The molecular formula is C17H20N2O3S. The molecule has 2 amide bonds. The number of nitrogens with one attached hydrogen (secondary N) is 2. The third kappa shape index (κ3) is 5.19. The molecule has 0 radical (unpaired) electrons. The summed E-state index contributed by atoms with van der Waals surface area (Å²) in [4.78, 5) is 12.8. The minimum absolute atomic E-state index is 0.0237. The van der Waals surface area contributed by atoms with Gasteiger partial charge in [-0.3, -0.25) is 4.21 Å². The lowest BCUT2D eigenvalue weighted by molar-refractivity contribution is 0.239. The summed E-state index contributed by atoms with van der Waals surface area (Å²) >= 11 is 0. The van der Waals surface area contributed by atoms with Crippen molar-refractivity contribution >= 4 is 22.5 Å². The molecule has 0 heterocycles. The molecule has 5 nitrogen and oxygen atoms in total. The van der Waals surface area contributed by atoms with E-state index in [-0.39, 0.29) is 18.7 Å². The van der Waals surface area contributed by atoms with E-state index in [0.29, 0.717) is 17.0 Å². The smallest absolute Gasteiger partial charge is 0.319 e. The standard InChI is InChI=1S/C17H20N2O3S/c1-23(22)15-9-5-8-14(12-15)18-17(21)19-16(10-11-20)13-6-3-2-4-7-13/h2-9,12,16,20H,10-11H2,1H3,(H2,18,19,21)/t16-,23+/m1/s1. The molecule has 0 aliphatic carbocycles. The van der Waals surface area contributed by atoms with Crippen molar-refractivity contribution in [3.05, 3.63) is 60.2 Å². The Morgan fingerprint density at radius 2 is 1.91 bits per heavy atom. The summed E-state index contributed by atoms with van der Waals surface area (Å²) < 4.78 is 11.5. The molecule has 23 heavy (non-hydrogen) atoms. The average Bonchev–Trinajstić information content (AvgIpc) is 2.55. The summed E-state index contributed by atoms with van der Waals surface area (Å²) in [7, 11) is -1.10. The van der Waals surface area contributed by atoms with Crippen LogP contribution in [0.1, 0.15) is 18.0 Å². The topological polar surface area (TPSA) is 78.4 Å². The number of urea groups is 1. The molecule has 2 aromatic carbocycles. The van der Waals surface area contributed by atoms with E-state index < -0.39 is 10.8 Å². The van der Waals surface area contributed by atoms with Gasteiger partial charge in [0.25, 0.3) is 0 Å². The van der Waals surface area contributed by atoms with E-state index in [1.807, 2.05) is 30.3 Å². The van der Waals surface area contributed by atoms with Gasteiger partial charge in [-0.1, -0.05) is 36.4 Å². The second kappa shape index (κ2) is 8.45. The first kappa shape index (κ1) is 17.2. The van der Waals surface area contributed by atoms with Crippen molar-refractivity contribution in [2.75, 3.05) is 18.2 Å². The first-order valence-electron chi connectivity index (χ1n) is 7.27. The SMILES string of the molecule is C[S@](=O)c1cccc(NC(=O)N[C@H](CCO)c2ccccc2)c1. The Bertz CT molecular complexity index is 677. The highest BCUT2D eigenvalue weighted by Gasteiger charge is 2.14. The van der Waals surface area contributed by atoms with Crippen LogP contribution in [-0.4, -0.2) is 28.2 Å². The minimum atomic E-state index is -1.10. The second-order valence-corrected chi connectivity index (χ2v) is 6.44. The zero-order valence-corrected chi connectivity index (χ0v) is 13.7. The Kier molecular flexibility index (Phi) is 6.31. The van der Waals surface area contributed by atoms with Crippen molar-refractivity contribution in [3.63, 3.8) is 0 Å². The first-order valence-corrected chi connectivity index (χ1v) is 8.83. The molecular weight excluding hydrogens is 312 g/mol. The summed E-state index contributed by atoms with van der Waals surface area (Å²) in [5, 5.41) is 14.8. The Labute approximate surface area is 138 Å². The van der Waals surface area contributed by atoms with Gasteiger partial charge in [-0.15, -0.1) is 0 Å². The number of aliphatic hydroxyl groups is 1. The molecule has 0 aliphatic rings. The summed E-state index contributed by atoms with van der Waals surface area (Å²) in [5.74, 6) is 0. The molecule has 0 saturated heterocycles. The number of carbonyl (C=O) groups excluding carboxylic acids is 1. The van der Waals surface area contributed by atoms with Crippen LogP contribution in [0.4, 0.5) is 10.5 Å². The molecule has 2 rings (SSSR count). The number of benzene rings is 2. The van der Waals surface area contributed by atoms with E-state index in [1.165, 1.54) is 0 Å².